The molecule has 0 aromatic heterocycles. The van der Waals surface area contributed by atoms with Gasteiger partial charge in [0.2, 0.25) is 5.91 Å². The normalized spacial score (nSPS) is 17.3. The van der Waals surface area contributed by atoms with Crippen molar-refractivity contribution in [2.75, 3.05) is 20.3 Å². The lowest BCUT2D eigenvalue weighted by molar-refractivity contribution is -0.136. The fraction of sp³-hybridized carbons (Fsp3) is 0.316. The predicted octanol–water partition coefficient (Wildman–Crippen LogP) is 3.19. The third-order valence-corrected chi connectivity index (χ3v) is 4.06. The fourth-order valence-corrected chi connectivity index (χ4v) is 2.84. The average Bonchev–Trinajstić information content (AvgIpc) is 3.10. The molecule has 1 aliphatic rings. The second-order valence-corrected chi connectivity index (χ2v) is 5.57. The Bertz CT molecular complexity index is 657. The van der Waals surface area contributed by atoms with E-state index < -0.39 is 0 Å². The van der Waals surface area contributed by atoms with Gasteiger partial charge in [0.1, 0.15) is 5.75 Å². The summed E-state index contributed by atoms with van der Waals surface area (Å²) < 4.78 is 11.0. The number of hydrogen-bond acceptors (Lipinski definition) is 3. The Morgan fingerprint density at radius 2 is 2.04 bits per heavy atom. The van der Waals surface area contributed by atoms with Crippen LogP contribution in [-0.2, 0) is 16.0 Å². The Kier molecular flexibility index (Phi) is 4.93. The zero-order chi connectivity index (χ0) is 16.1. The standard InChI is InChI=1S/C19H21NO3/c1-22-17-9-5-6-15(14-17)10-11-18(21)20-12-13-23-19(20)16-7-3-2-4-8-16/h2-9,14,19H,10-13H2,1H3. The number of amides is 1. The first-order valence-electron chi connectivity index (χ1n) is 7.87. The molecule has 4 heteroatoms. The molecule has 1 aliphatic heterocycles. The number of carbonyl (C=O) groups excluding carboxylic acids is 1. The van der Waals surface area contributed by atoms with Crippen LogP contribution in [0.15, 0.2) is 54.6 Å². The van der Waals surface area contributed by atoms with E-state index in [9.17, 15) is 4.79 Å². The third kappa shape index (κ3) is 3.71. The maximum atomic E-state index is 12.6. The lowest BCUT2D eigenvalue weighted by Gasteiger charge is -2.23. The number of ether oxygens (including phenoxy) is 2. The fourth-order valence-electron chi connectivity index (χ4n) is 2.84. The Labute approximate surface area is 136 Å². The predicted molar refractivity (Wildman–Crippen MR) is 88.2 cm³/mol. The molecular formula is C19H21NO3. The second-order valence-electron chi connectivity index (χ2n) is 5.57. The van der Waals surface area contributed by atoms with Crippen LogP contribution in [0.3, 0.4) is 0 Å². The first kappa shape index (κ1) is 15.6. The molecule has 1 atom stereocenters. The number of methoxy groups -OCH3 is 1. The van der Waals surface area contributed by atoms with Gasteiger partial charge < -0.3 is 14.4 Å². The van der Waals surface area contributed by atoms with E-state index in [-0.39, 0.29) is 12.1 Å². The second kappa shape index (κ2) is 7.29. The van der Waals surface area contributed by atoms with Gasteiger partial charge >= 0.3 is 0 Å². The maximum Gasteiger partial charge on any atom is 0.225 e. The topological polar surface area (TPSA) is 38.8 Å². The molecule has 1 fully saturated rings. The molecule has 23 heavy (non-hydrogen) atoms. The maximum absolute atomic E-state index is 12.6. The number of nitrogens with zero attached hydrogens (tertiary/aromatic N) is 1. The quantitative estimate of drug-likeness (QED) is 0.851. The van der Waals surface area contributed by atoms with Crippen molar-refractivity contribution in [3.05, 3.63) is 65.7 Å². The molecule has 0 N–H and O–H groups in total. The minimum absolute atomic E-state index is 0.124. The molecule has 1 heterocycles. The van der Waals surface area contributed by atoms with Crippen LogP contribution in [0.4, 0.5) is 0 Å². The lowest BCUT2D eigenvalue weighted by Crippen LogP contribution is -2.31. The molecule has 0 saturated carbocycles. The van der Waals surface area contributed by atoms with E-state index in [4.69, 9.17) is 9.47 Å². The number of carbonyl (C=O) groups is 1. The number of aryl methyl sites for hydroxylation is 1. The van der Waals surface area contributed by atoms with Crippen molar-refractivity contribution < 1.29 is 14.3 Å². The Balaban J connectivity index is 1.63. The molecule has 1 unspecified atom stereocenters. The van der Waals surface area contributed by atoms with Gasteiger partial charge in [-0.2, -0.15) is 0 Å². The molecule has 1 amide bonds. The molecule has 2 aromatic carbocycles. The first-order valence-corrected chi connectivity index (χ1v) is 7.87. The Hall–Kier alpha value is -2.33. The molecular weight excluding hydrogens is 290 g/mol. The van der Waals surface area contributed by atoms with Gasteiger partial charge in [-0.05, 0) is 24.1 Å². The van der Waals surface area contributed by atoms with E-state index in [0.29, 0.717) is 26.0 Å². The SMILES string of the molecule is COc1cccc(CCC(=O)N2CCOC2c2ccccc2)c1. The summed E-state index contributed by atoms with van der Waals surface area (Å²) in [4.78, 5) is 14.4. The Morgan fingerprint density at radius 1 is 1.22 bits per heavy atom. The van der Waals surface area contributed by atoms with Crippen molar-refractivity contribution in [3.8, 4) is 5.75 Å². The summed E-state index contributed by atoms with van der Waals surface area (Å²) in [6, 6.07) is 17.7. The van der Waals surface area contributed by atoms with Gasteiger partial charge in [0, 0.05) is 18.5 Å². The average molecular weight is 311 g/mol. The highest BCUT2D eigenvalue weighted by Crippen LogP contribution is 2.27. The molecule has 0 spiro atoms. The molecule has 0 bridgehead atoms. The van der Waals surface area contributed by atoms with Crippen molar-refractivity contribution in [1.29, 1.82) is 0 Å². The van der Waals surface area contributed by atoms with Crippen LogP contribution >= 0.6 is 0 Å². The number of rotatable bonds is 5. The summed E-state index contributed by atoms with van der Waals surface area (Å²) >= 11 is 0. The van der Waals surface area contributed by atoms with Gasteiger partial charge in [-0.1, -0.05) is 42.5 Å². The zero-order valence-electron chi connectivity index (χ0n) is 13.3. The summed E-state index contributed by atoms with van der Waals surface area (Å²) in [6.07, 6.45) is 0.919. The van der Waals surface area contributed by atoms with Crippen LogP contribution in [0.25, 0.3) is 0 Å². The smallest absolute Gasteiger partial charge is 0.225 e. The summed E-state index contributed by atoms with van der Waals surface area (Å²) in [5.41, 5.74) is 2.13. The summed E-state index contributed by atoms with van der Waals surface area (Å²) in [5, 5.41) is 0. The van der Waals surface area contributed by atoms with E-state index in [0.717, 1.165) is 16.9 Å². The minimum atomic E-state index is -0.256. The van der Waals surface area contributed by atoms with Crippen molar-refractivity contribution in [2.45, 2.75) is 19.1 Å². The van der Waals surface area contributed by atoms with Crippen LogP contribution in [0.5, 0.6) is 5.75 Å². The molecule has 0 aliphatic carbocycles. The van der Waals surface area contributed by atoms with Gasteiger partial charge in [-0.25, -0.2) is 0 Å². The number of benzene rings is 2. The third-order valence-electron chi connectivity index (χ3n) is 4.06. The molecule has 1 saturated heterocycles. The van der Waals surface area contributed by atoms with Gasteiger partial charge in [-0.3, -0.25) is 4.79 Å². The summed E-state index contributed by atoms with van der Waals surface area (Å²) in [6.45, 7) is 1.24. The lowest BCUT2D eigenvalue weighted by atomic mass is 10.1. The summed E-state index contributed by atoms with van der Waals surface area (Å²) in [7, 11) is 1.65. The minimum Gasteiger partial charge on any atom is -0.497 e. The van der Waals surface area contributed by atoms with Crippen LogP contribution < -0.4 is 4.74 Å². The monoisotopic (exact) mass is 311 g/mol. The van der Waals surface area contributed by atoms with Crippen molar-refractivity contribution in [1.82, 2.24) is 4.90 Å². The first-order chi connectivity index (χ1) is 11.3. The Morgan fingerprint density at radius 3 is 2.83 bits per heavy atom. The van der Waals surface area contributed by atoms with E-state index in [1.54, 1.807) is 7.11 Å². The molecule has 2 aromatic rings. The van der Waals surface area contributed by atoms with E-state index >= 15 is 0 Å². The van der Waals surface area contributed by atoms with E-state index in [1.807, 2.05) is 59.5 Å². The molecule has 4 nitrogen and oxygen atoms in total. The molecule has 0 radical (unpaired) electrons. The van der Waals surface area contributed by atoms with Crippen molar-refractivity contribution in [3.63, 3.8) is 0 Å². The highest BCUT2D eigenvalue weighted by atomic mass is 16.5. The highest BCUT2D eigenvalue weighted by molar-refractivity contribution is 5.77. The van der Waals surface area contributed by atoms with Gasteiger partial charge in [0.05, 0.1) is 13.7 Å². The molecule has 120 valence electrons. The van der Waals surface area contributed by atoms with Crippen molar-refractivity contribution >= 4 is 5.91 Å². The van der Waals surface area contributed by atoms with E-state index in [1.165, 1.54) is 0 Å². The van der Waals surface area contributed by atoms with Gasteiger partial charge in [-0.15, -0.1) is 0 Å². The van der Waals surface area contributed by atoms with Crippen LogP contribution in [0.2, 0.25) is 0 Å². The summed E-state index contributed by atoms with van der Waals surface area (Å²) in [5.74, 6) is 0.945. The largest absolute Gasteiger partial charge is 0.497 e. The van der Waals surface area contributed by atoms with Gasteiger partial charge in [0.15, 0.2) is 6.23 Å². The molecule has 3 rings (SSSR count). The highest BCUT2D eigenvalue weighted by Gasteiger charge is 2.30. The zero-order valence-corrected chi connectivity index (χ0v) is 13.3. The van der Waals surface area contributed by atoms with E-state index in [2.05, 4.69) is 0 Å². The van der Waals surface area contributed by atoms with Crippen LogP contribution in [0, 0.1) is 0 Å². The van der Waals surface area contributed by atoms with Crippen molar-refractivity contribution in [2.24, 2.45) is 0 Å². The van der Waals surface area contributed by atoms with Crippen LogP contribution in [-0.4, -0.2) is 31.1 Å². The van der Waals surface area contributed by atoms with Gasteiger partial charge in [0.25, 0.3) is 0 Å². The number of hydrogen-bond donors (Lipinski definition) is 0. The van der Waals surface area contributed by atoms with Crippen LogP contribution in [0.1, 0.15) is 23.8 Å².